The maximum absolute atomic E-state index is 5.26. The van der Waals surface area contributed by atoms with Crippen molar-refractivity contribution in [2.75, 3.05) is 0 Å². The van der Waals surface area contributed by atoms with E-state index >= 15 is 0 Å². The summed E-state index contributed by atoms with van der Waals surface area (Å²) in [6.07, 6.45) is 1.79. The van der Waals surface area contributed by atoms with Crippen molar-refractivity contribution < 1.29 is 0 Å². The van der Waals surface area contributed by atoms with Gasteiger partial charge < -0.3 is 0 Å². The molecule has 0 bridgehead atoms. The predicted molar refractivity (Wildman–Crippen MR) is 245 cm³/mol. The van der Waals surface area contributed by atoms with Crippen molar-refractivity contribution in [3.05, 3.63) is 223 Å². The Labute approximate surface area is 334 Å². The molecule has 0 N–H and O–H groups in total. The molecule has 0 aliphatic rings. The van der Waals surface area contributed by atoms with Crippen LogP contribution in [0.15, 0.2) is 211 Å². The number of aryl methyl sites for hydroxylation is 2. The van der Waals surface area contributed by atoms with Gasteiger partial charge in [0.2, 0.25) is 0 Å². The van der Waals surface area contributed by atoms with Crippen LogP contribution in [0, 0.1) is 6.92 Å². The van der Waals surface area contributed by atoms with Crippen LogP contribution in [0.2, 0.25) is 0 Å². The number of para-hydroxylation sites is 1. The normalized spacial score (nSPS) is 11.8. The second-order valence-corrected chi connectivity index (χ2v) is 15.1. The van der Waals surface area contributed by atoms with Crippen molar-refractivity contribution in [3.63, 3.8) is 0 Å². The lowest BCUT2D eigenvalue weighted by atomic mass is 9.84. The molecule has 0 aromatic heterocycles. The van der Waals surface area contributed by atoms with Gasteiger partial charge in [-0.2, -0.15) is 0 Å². The van der Waals surface area contributed by atoms with E-state index in [2.05, 4.69) is 213 Å². The first-order chi connectivity index (χ1) is 28.2. The number of hydrogen-bond acceptors (Lipinski definition) is 1. The lowest BCUT2D eigenvalue weighted by Crippen LogP contribution is -2.03. The second kappa shape index (κ2) is 14.9. The van der Waals surface area contributed by atoms with E-state index in [1.54, 1.807) is 0 Å². The fourth-order valence-electron chi connectivity index (χ4n) is 8.53. The van der Waals surface area contributed by atoms with Gasteiger partial charge in [0.1, 0.15) is 0 Å². The lowest BCUT2D eigenvalue weighted by molar-refractivity contribution is 1.04. The minimum Gasteiger partial charge on any atom is -0.253 e. The number of nitrogens with zero attached hydrogens (tertiary/aromatic N) is 1. The van der Waals surface area contributed by atoms with E-state index in [-0.39, 0.29) is 0 Å². The van der Waals surface area contributed by atoms with E-state index in [0.717, 1.165) is 29.8 Å². The summed E-state index contributed by atoms with van der Waals surface area (Å²) in [6, 6.07) is 75.3. The van der Waals surface area contributed by atoms with E-state index in [1.807, 2.05) is 0 Å². The van der Waals surface area contributed by atoms with Crippen LogP contribution in [-0.2, 0) is 6.42 Å². The summed E-state index contributed by atoms with van der Waals surface area (Å²) < 4.78 is 0. The molecule has 0 saturated heterocycles. The standard InChI is InChI=1S/C56H41N/c1-38-13-5-12-22-53(38)57-54(34-23-39-14-3-2-4-15-39)43-28-24-42(25-29-43)46-32-33-51-52(37-46)56(48-31-27-41-17-7-9-19-45(41)36-48)50-21-11-10-20-49(50)55(51)47-30-26-40-16-6-8-18-44(40)35-47/h2-22,24-33,35-37H,23,34H2,1H3. The number of benzene rings is 10. The van der Waals surface area contributed by atoms with Gasteiger partial charge in [0, 0.05) is 5.71 Å². The average Bonchev–Trinajstić information content (AvgIpc) is 3.27. The van der Waals surface area contributed by atoms with E-state index in [4.69, 9.17) is 4.99 Å². The molecule has 1 nitrogen and oxygen atoms in total. The Kier molecular flexibility index (Phi) is 8.97. The van der Waals surface area contributed by atoms with Crippen LogP contribution in [0.1, 0.15) is 23.1 Å². The van der Waals surface area contributed by atoms with Gasteiger partial charge in [-0.15, -0.1) is 0 Å². The number of rotatable bonds is 8. The third kappa shape index (κ3) is 6.68. The fourth-order valence-corrected chi connectivity index (χ4v) is 8.53. The molecular weight excluding hydrogens is 687 g/mol. The molecule has 0 atom stereocenters. The maximum Gasteiger partial charge on any atom is 0.0662 e. The molecule has 0 aliphatic heterocycles. The van der Waals surface area contributed by atoms with E-state index < -0.39 is 0 Å². The molecule has 0 heterocycles. The van der Waals surface area contributed by atoms with Crippen LogP contribution in [0.3, 0.4) is 0 Å². The van der Waals surface area contributed by atoms with Gasteiger partial charge in [-0.05, 0) is 137 Å². The lowest BCUT2D eigenvalue weighted by Gasteiger charge is -2.19. The summed E-state index contributed by atoms with van der Waals surface area (Å²) in [7, 11) is 0. The zero-order valence-electron chi connectivity index (χ0n) is 32.0. The van der Waals surface area contributed by atoms with Crippen LogP contribution in [0.4, 0.5) is 5.69 Å². The summed E-state index contributed by atoms with van der Waals surface area (Å²) in [5, 5.41) is 10.0. The van der Waals surface area contributed by atoms with Crippen molar-refractivity contribution in [1.82, 2.24) is 0 Å². The first-order valence-corrected chi connectivity index (χ1v) is 19.9. The van der Waals surface area contributed by atoms with Crippen LogP contribution in [0.25, 0.3) is 76.5 Å². The van der Waals surface area contributed by atoms with E-state index in [1.165, 1.54) is 87.6 Å². The van der Waals surface area contributed by atoms with Gasteiger partial charge >= 0.3 is 0 Å². The highest BCUT2D eigenvalue weighted by Crippen LogP contribution is 2.45. The second-order valence-electron chi connectivity index (χ2n) is 15.1. The molecule has 0 radical (unpaired) electrons. The molecule has 0 aliphatic carbocycles. The van der Waals surface area contributed by atoms with Gasteiger partial charge in [-0.25, -0.2) is 0 Å². The third-order valence-electron chi connectivity index (χ3n) is 11.5. The Morgan fingerprint density at radius 3 is 1.54 bits per heavy atom. The van der Waals surface area contributed by atoms with Crippen molar-refractivity contribution in [2.24, 2.45) is 4.99 Å². The fraction of sp³-hybridized carbons (Fsp3) is 0.0536. The van der Waals surface area contributed by atoms with Gasteiger partial charge in [0.15, 0.2) is 0 Å². The molecule has 10 aromatic carbocycles. The van der Waals surface area contributed by atoms with Crippen LogP contribution in [0.5, 0.6) is 0 Å². The zero-order valence-corrected chi connectivity index (χ0v) is 32.0. The molecule has 0 spiro atoms. The molecule has 1 heteroatoms. The molecule has 0 fully saturated rings. The van der Waals surface area contributed by atoms with Gasteiger partial charge in [0.05, 0.1) is 5.69 Å². The van der Waals surface area contributed by atoms with Crippen LogP contribution in [-0.4, -0.2) is 5.71 Å². The zero-order chi connectivity index (χ0) is 38.1. The highest BCUT2D eigenvalue weighted by molar-refractivity contribution is 6.22. The largest absolute Gasteiger partial charge is 0.253 e. The summed E-state index contributed by atoms with van der Waals surface area (Å²) in [5.41, 5.74) is 13.1. The smallest absolute Gasteiger partial charge is 0.0662 e. The molecule has 57 heavy (non-hydrogen) atoms. The third-order valence-corrected chi connectivity index (χ3v) is 11.5. The van der Waals surface area contributed by atoms with Crippen molar-refractivity contribution in [3.8, 4) is 33.4 Å². The number of hydrogen-bond donors (Lipinski definition) is 0. The summed E-state index contributed by atoms with van der Waals surface area (Å²) >= 11 is 0. The highest BCUT2D eigenvalue weighted by Gasteiger charge is 2.18. The topological polar surface area (TPSA) is 12.4 Å². The molecular formula is C56H41N. The quantitative estimate of drug-likeness (QED) is 0.109. The molecule has 10 rings (SSSR count). The molecule has 10 aromatic rings. The summed E-state index contributed by atoms with van der Waals surface area (Å²) in [5.74, 6) is 0. The van der Waals surface area contributed by atoms with Gasteiger partial charge in [-0.3, -0.25) is 4.99 Å². The van der Waals surface area contributed by atoms with E-state index in [9.17, 15) is 0 Å². The number of fused-ring (bicyclic) bond motifs is 4. The molecule has 0 unspecified atom stereocenters. The number of aliphatic imine (C=N–C) groups is 1. The minimum absolute atomic E-state index is 0.855. The summed E-state index contributed by atoms with van der Waals surface area (Å²) in [6.45, 7) is 2.14. The Morgan fingerprint density at radius 1 is 0.386 bits per heavy atom. The summed E-state index contributed by atoms with van der Waals surface area (Å²) in [4.78, 5) is 5.26. The maximum atomic E-state index is 5.26. The first kappa shape index (κ1) is 34.4. The average molecular weight is 728 g/mol. The SMILES string of the molecule is Cc1ccccc1N=C(CCc1ccccc1)c1ccc(-c2ccc3c(-c4ccc5ccccc5c4)c4ccccc4c(-c4ccc5ccccc5c4)c3c2)cc1. The Balaban J connectivity index is 1.14. The van der Waals surface area contributed by atoms with Crippen LogP contribution >= 0.6 is 0 Å². The van der Waals surface area contributed by atoms with Gasteiger partial charge in [-0.1, -0.05) is 182 Å². The van der Waals surface area contributed by atoms with Crippen molar-refractivity contribution >= 4 is 54.5 Å². The minimum atomic E-state index is 0.855. The highest BCUT2D eigenvalue weighted by atomic mass is 14.8. The first-order valence-electron chi connectivity index (χ1n) is 19.9. The van der Waals surface area contributed by atoms with Gasteiger partial charge in [0.25, 0.3) is 0 Å². The van der Waals surface area contributed by atoms with E-state index in [0.29, 0.717) is 0 Å². The van der Waals surface area contributed by atoms with Crippen LogP contribution < -0.4 is 0 Å². The Hall–Kier alpha value is -7.09. The molecule has 270 valence electrons. The molecule has 0 saturated carbocycles. The van der Waals surface area contributed by atoms with Crippen molar-refractivity contribution in [1.29, 1.82) is 0 Å². The Morgan fingerprint density at radius 2 is 0.895 bits per heavy atom. The Bertz CT molecular complexity index is 3120. The predicted octanol–water partition coefficient (Wildman–Crippen LogP) is 15.4. The molecule has 0 amide bonds. The van der Waals surface area contributed by atoms with Crippen molar-refractivity contribution in [2.45, 2.75) is 19.8 Å². The monoisotopic (exact) mass is 727 g/mol.